The summed E-state index contributed by atoms with van der Waals surface area (Å²) in [6.45, 7) is 2.95. The van der Waals surface area contributed by atoms with E-state index < -0.39 is 11.7 Å². The zero-order chi connectivity index (χ0) is 20.6. The van der Waals surface area contributed by atoms with Crippen LogP contribution in [-0.2, 0) is 22.4 Å². The van der Waals surface area contributed by atoms with Crippen molar-refractivity contribution in [1.29, 1.82) is 0 Å². The molecule has 0 unspecified atom stereocenters. The molecule has 0 fully saturated rings. The van der Waals surface area contributed by atoms with E-state index in [1.807, 2.05) is 0 Å². The van der Waals surface area contributed by atoms with Crippen molar-refractivity contribution < 1.29 is 31.9 Å². The van der Waals surface area contributed by atoms with Crippen LogP contribution in [-0.4, -0.2) is 19.6 Å². The van der Waals surface area contributed by atoms with Crippen molar-refractivity contribution in [3.8, 4) is 5.75 Å². The first kappa shape index (κ1) is 22.1. The first-order chi connectivity index (χ1) is 12.6. The Balaban J connectivity index is 0.000000828. The Hall–Kier alpha value is -2.90. The SMILES string of the molecule is CNc1cccc(C(F)(F)F)c1COc1cc(C)c(F)cc1C.O=CC=O. The molecule has 0 aliphatic rings. The van der Waals surface area contributed by atoms with E-state index in [2.05, 4.69) is 5.32 Å². The molecule has 1 N–H and O–H groups in total. The molecule has 146 valence electrons. The fraction of sp³-hybridized carbons (Fsp3) is 0.263. The molecule has 0 heterocycles. The highest BCUT2D eigenvalue weighted by atomic mass is 19.4. The second-order valence-corrected chi connectivity index (χ2v) is 5.51. The van der Waals surface area contributed by atoms with E-state index in [1.54, 1.807) is 27.0 Å². The van der Waals surface area contributed by atoms with E-state index in [4.69, 9.17) is 14.3 Å². The van der Waals surface area contributed by atoms with Crippen molar-refractivity contribution in [3.63, 3.8) is 0 Å². The van der Waals surface area contributed by atoms with Gasteiger partial charge in [-0.25, -0.2) is 4.39 Å². The monoisotopic (exact) mass is 385 g/mol. The Morgan fingerprint density at radius 2 is 1.70 bits per heavy atom. The average molecular weight is 385 g/mol. The molecule has 2 aromatic rings. The highest BCUT2D eigenvalue weighted by Crippen LogP contribution is 2.36. The summed E-state index contributed by atoms with van der Waals surface area (Å²) in [4.78, 5) is 17.6. The molecule has 8 heteroatoms. The number of aryl methyl sites for hydroxylation is 2. The number of ether oxygens (including phenoxy) is 1. The lowest BCUT2D eigenvalue weighted by Crippen LogP contribution is -2.13. The predicted octanol–water partition coefficient (Wildman–Crippen LogP) is 4.47. The molecule has 0 aliphatic heterocycles. The molecule has 0 atom stereocenters. The van der Waals surface area contributed by atoms with Crippen molar-refractivity contribution >= 4 is 18.3 Å². The summed E-state index contributed by atoms with van der Waals surface area (Å²) in [5.41, 5.74) is 0.521. The third kappa shape index (κ3) is 6.09. The summed E-state index contributed by atoms with van der Waals surface area (Å²) in [6, 6.07) is 6.70. The maximum absolute atomic E-state index is 13.4. The van der Waals surface area contributed by atoms with E-state index in [9.17, 15) is 17.6 Å². The number of aldehydes is 2. The maximum atomic E-state index is 13.4. The summed E-state index contributed by atoms with van der Waals surface area (Å²) in [5.74, 6) is -0.00983. The molecule has 2 aromatic carbocycles. The molecule has 0 saturated heterocycles. The second-order valence-electron chi connectivity index (χ2n) is 5.51. The van der Waals surface area contributed by atoms with Crippen LogP contribution in [0.15, 0.2) is 30.3 Å². The molecule has 4 nitrogen and oxygen atoms in total. The molecule has 0 radical (unpaired) electrons. The number of carbonyl (C=O) groups excluding carboxylic acids is 2. The lowest BCUT2D eigenvalue weighted by molar-refractivity contribution is -0.138. The first-order valence-corrected chi connectivity index (χ1v) is 7.81. The summed E-state index contributed by atoms with van der Waals surface area (Å²) in [7, 11) is 1.55. The minimum Gasteiger partial charge on any atom is -0.489 e. The zero-order valence-corrected chi connectivity index (χ0v) is 15.0. The van der Waals surface area contributed by atoms with Gasteiger partial charge in [-0.2, -0.15) is 13.2 Å². The van der Waals surface area contributed by atoms with Crippen LogP contribution in [0.3, 0.4) is 0 Å². The van der Waals surface area contributed by atoms with Gasteiger partial charge >= 0.3 is 6.18 Å². The Morgan fingerprint density at radius 3 is 2.22 bits per heavy atom. The fourth-order valence-corrected chi connectivity index (χ4v) is 2.30. The summed E-state index contributed by atoms with van der Waals surface area (Å²) >= 11 is 0. The van der Waals surface area contributed by atoms with Crippen LogP contribution in [0.2, 0.25) is 0 Å². The third-order valence-electron chi connectivity index (χ3n) is 3.63. The Labute approximate surface area is 154 Å². The van der Waals surface area contributed by atoms with Gasteiger partial charge in [0.2, 0.25) is 0 Å². The number of benzene rings is 2. The number of hydrogen-bond acceptors (Lipinski definition) is 4. The van der Waals surface area contributed by atoms with Gasteiger partial charge in [-0.15, -0.1) is 0 Å². The topological polar surface area (TPSA) is 55.4 Å². The van der Waals surface area contributed by atoms with Gasteiger partial charge in [-0.1, -0.05) is 6.07 Å². The van der Waals surface area contributed by atoms with Gasteiger partial charge in [0, 0.05) is 18.3 Å². The summed E-state index contributed by atoms with van der Waals surface area (Å²) in [5, 5.41) is 2.74. The Morgan fingerprint density at radius 1 is 1.07 bits per heavy atom. The van der Waals surface area contributed by atoms with Gasteiger partial charge in [0.1, 0.15) is 18.2 Å². The number of carbonyl (C=O) groups is 2. The van der Waals surface area contributed by atoms with Crippen molar-refractivity contribution in [1.82, 2.24) is 0 Å². The van der Waals surface area contributed by atoms with Crippen molar-refractivity contribution in [2.45, 2.75) is 26.6 Å². The Bertz CT molecular complexity index is 798. The Kier molecular flexibility index (Phi) is 7.96. The van der Waals surface area contributed by atoms with Crippen LogP contribution in [0.25, 0.3) is 0 Å². The summed E-state index contributed by atoms with van der Waals surface area (Å²) in [6.07, 6.45) is -4.08. The third-order valence-corrected chi connectivity index (χ3v) is 3.63. The number of nitrogens with one attached hydrogen (secondary N) is 1. The number of halogens is 4. The minimum absolute atomic E-state index is 0.0175. The number of rotatable bonds is 5. The molecular formula is C19H19F4NO3. The largest absolute Gasteiger partial charge is 0.489 e. The van der Waals surface area contributed by atoms with Gasteiger partial charge in [0.05, 0.1) is 5.56 Å². The van der Waals surface area contributed by atoms with E-state index in [0.717, 1.165) is 6.07 Å². The molecule has 0 bridgehead atoms. The maximum Gasteiger partial charge on any atom is 0.416 e. The number of anilines is 1. The van der Waals surface area contributed by atoms with E-state index in [1.165, 1.54) is 18.2 Å². The molecule has 0 aliphatic carbocycles. The second kappa shape index (κ2) is 9.70. The van der Waals surface area contributed by atoms with Crippen LogP contribution in [0.4, 0.5) is 23.2 Å². The van der Waals surface area contributed by atoms with Crippen LogP contribution < -0.4 is 10.1 Å². The molecule has 27 heavy (non-hydrogen) atoms. The molecule has 0 saturated carbocycles. The van der Waals surface area contributed by atoms with Gasteiger partial charge in [-0.05, 0) is 49.2 Å². The van der Waals surface area contributed by atoms with E-state index in [0.29, 0.717) is 22.6 Å². The lowest BCUT2D eigenvalue weighted by Gasteiger charge is -2.18. The highest BCUT2D eigenvalue weighted by Gasteiger charge is 2.34. The zero-order valence-electron chi connectivity index (χ0n) is 15.0. The first-order valence-electron chi connectivity index (χ1n) is 7.81. The highest BCUT2D eigenvalue weighted by molar-refractivity contribution is 6.09. The fourth-order valence-electron chi connectivity index (χ4n) is 2.30. The van der Waals surface area contributed by atoms with Crippen LogP contribution in [0.5, 0.6) is 5.75 Å². The molecule has 0 aromatic heterocycles. The van der Waals surface area contributed by atoms with Gasteiger partial charge in [0.25, 0.3) is 0 Å². The van der Waals surface area contributed by atoms with Crippen molar-refractivity contribution in [2.75, 3.05) is 12.4 Å². The molecular weight excluding hydrogens is 366 g/mol. The van der Waals surface area contributed by atoms with Crippen molar-refractivity contribution in [2.24, 2.45) is 0 Å². The van der Waals surface area contributed by atoms with Gasteiger partial charge in [-0.3, -0.25) is 9.59 Å². The van der Waals surface area contributed by atoms with Crippen LogP contribution in [0.1, 0.15) is 22.3 Å². The predicted molar refractivity (Wildman–Crippen MR) is 93.3 cm³/mol. The molecule has 0 spiro atoms. The lowest BCUT2D eigenvalue weighted by atomic mass is 10.1. The van der Waals surface area contributed by atoms with Gasteiger partial charge in [0.15, 0.2) is 12.6 Å². The van der Waals surface area contributed by atoms with E-state index >= 15 is 0 Å². The van der Waals surface area contributed by atoms with Crippen LogP contribution >= 0.6 is 0 Å². The smallest absolute Gasteiger partial charge is 0.416 e. The average Bonchev–Trinajstić information content (AvgIpc) is 2.62. The number of alkyl halides is 3. The molecule has 0 amide bonds. The van der Waals surface area contributed by atoms with Crippen LogP contribution in [0, 0.1) is 19.7 Å². The summed E-state index contributed by atoms with van der Waals surface area (Å²) < 4.78 is 58.4. The quantitative estimate of drug-likeness (QED) is 0.469. The van der Waals surface area contributed by atoms with Crippen molar-refractivity contribution in [3.05, 3.63) is 58.4 Å². The normalized spacial score (nSPS) is 10.5. The van der Waals surface area contributed by atoms with Gasteiger partial charge < -0.3 is 10.1 Å². The standard InChI is InChI=1S/C17H17F4NO.C2H2O2/c1-10-8-16(11(2)7-14(10)18)23-9-12-13(17(19,20)21)5-4-6-15(12)22-3;3-1-2-4/h4-8,22H,9H2,1-3H3;1-2H. The van der Waals surface area contributed by atoms with E-state index in [-0.39, 0.29) is 30.6 Å². The minimum atomic E-state index is -4.47. The molecule has 2 rings (SSSR count). The number of hydrogen-bond donors (Lipinski definition) is 1.